The molecule has 0 saturated carbocycles. The first-order chi connectivity index (χ1) is 22.5. The van der Waals surface area contributed by atoms with Crippen molar-refractivity contribution >= 4 is 22.2 Å². The monoisotopic (exact) mass is 621 g/mol. The molecule has 2 unspecified atom stereocenters. The second-order valence-electron chi connectivity index (χ2n) is 12.1. The largest absolute Gasteiger partial charge is 0.244 e. The van der Waals surface area contributed by atoms with Crippen LogP contribution in [0.15, 0.2) is 137 Å². The molecule has 7 rings (SSSR count). The number of hydrogen-bond acceptors (Lipinski definition) is 2. The average molecular weight is 622 g/mol. The number of sulfonamides is 1. The Hall–Kier alpha value is -4.51. The van der Waals surface area contributed by atoms with E-state index in [4.69, 9.17) is 0 Å². The number of benzene rings is 5. The zero-order chi connectivity index (χ0) is 31.8. The van der Waals surface area contributed by atoms with Gasteiger partial charge in [0.2, 0.25) is 10.0 Å². The summed E-state index contributed by atoms with van der Waals surface area (Å²) in [7, 11) is -4.01. The summed E-state index contributed by atoms with van der Waals surface area (Å²) in [5.41, 5.74) is 11.9. The Balaban J connectivity index is 1.53. The van der Waals surface area contributed by atoms with E-state index in [2.05, 4.69) is 93.6 Å². The van der Waals surface area contributed by atoms with E-state index < -0.39 is 22.1 Å². The minimum atomic E-state index is -4.01. The number of hydrogen-bond donors (Lipinski definition) is 0. The van der Waals surface area contributed by atoms with Crippen molar-refractivity contribution in [1.29, 1.82) is 0 Å². The van der Waals surface area contributed by atoms with Gasteiger partial charge in [-0.25, -0.2) is 8.42 Å². The summed E-state index contributed by atoms with van der Waals surface area (Å²) >= 11 is 0. The van der Waals surface area contributed by atoms with Gasteiger partial charge in [-0.05, 0) is 92.6 Å². The van der Waals surface area contributed by atoms with E-state index in [1.807, 2.05) is 52.8 Å². The third-order valence-electron chi connectivity index (χ3n) is 9.61. The van der Waals surface area contributed by atoms with Gasteiger partial charge < -0.3 is 0 Å². The maximum absolute atomic E-state index is 15.4. The fourth-order valence-corrected chi connectivity index (χ4v) is 9.07. The Morgan fingerprint density at radius 1 is 0.522 bits per heavy atom. The van der Waals surface area contributed by atoms with E-state index in [0.717, 1.165) is 80.5 Å². The van der Waals surface area contributed by atoms with Gasteiger partial charge in [0.15, 0.2) is 0 Å². The zero-order valence-corrected chi connectivity index (χ0v) is 27.5. The molecule has 46 heavy (non-hydrogen) atoms. The maximum atomic E-state index is 15.4. The fourth-order valence-electron chi connectivity index (χ4n) is 7.31. The van der Waals surface area contributed by atoms with Crippen molar-refractivity contribution in [3.8, 4) is 22.3 Å². The zero-order valence-electron chi connectivity index (χ0n) is 26.6. The number of nitrogens with zero attached hydrogens (tertiary/aromatic N) is 1. The second kappa shape index (κ2) is 12.4. The molecule has 0 radical (unpaired) electrons. The highest BCUT2D eigenvalue weighted by molar-refractivity contribution is 7.89. The molecule has 4 heteroatoms. The molecule has 0 bridgehead atoms. The van der Waals surface area contributed by atoms with Crippen LogP contribution in [0.1, 0.15) is 73.5 Å². The number of fused-ring (bicyclic) bond motifs is 2. The fraction of sp³-hybridized carbons (Fsp3) is 0.190. The van der Waals surface area contributed by atoms with E-state index >= 15 is 8.42 Å². The second-order valence-corrected chi connectivity index (χ2v) is 14.0. The highest BCUT2D eigenvalue weighted by Gasteiger charge is 2.47. The lowest BCUT2D eigenvalue weighted by molar-refractivity contribution is 0.305. The quantitative estimate of drug-likeness (QED) is 0.164. The molecular formula is C42H39NO2S. The van der Waals surface area contributed by atoms with Gasteiger partial charge in [-0.1, -0.05) is 142 Å². The molecule has 5 aromatic carbocycles. The predicted octanol–water partition coefficient (Wildman–Crippen LogP) is 10.7. The average Bonchev–Trinajstić information content (AvgIpc) is 3.67. The summed E-state index contributed by atoms with van der Waals surface area (Å²) in [6, 6.07) is 40.0. The van der Waals surface area contributed by atoms with Crippen LogP contribution in [0.5, 0.6) is 0 Å². The molecule has 0 aromatic heterocycles. The van der Waals surface area contributed by atoms with Crippen LogP contribution in [0.25, 0.3) is 34.4 Å². The van der Waals surface area contributed by atoms with Crippen LogP contribution < -0.4 is 0 Å². The van der Waals surface area contributed by atoms with Gasteiger partial charge >= 0.3 is 0 Å². The molecular weight excluding hydrogens is 583 g/mol. The van der Waals surface area contributed by atoms with Gasteiger partial charge in [-0.15, -0.1) is 0 Å². The van der Waals surface area contributed by atoms with E-state index in [1.54, 1.807) is 12.1 Å². The molecule has 0 aliphatic heterocycles. The van der Waals surface area contributed by atoms with Crippen molar-refractivity contribution in [2.75, 3.05) is 0 Å². The summed E-state index contributed by atoms with van der Waals surface area (Å²) < 4.78 is 32.7. The Labute approximate surface area is 273 Å². The number of rotatable bonds is 9. The number of aryl methyl sites for hydroxylation is 1. The van der Waals surface area contributed by atoms with Crippen molar-refractivity contribution in [3.63, 3.8) is 0 Å². The molecule has 0 saturated heterocycles. The smallest absolute Gasteiger partial charge is 0.207 e. The third-order valence-corrected chi connectivity index (χ3v) is 11.5. The molecule has 0 heterocycles. The van der Waals surface area contributed by atoms with Crippen LogP contribution in [-0.2, 0) is 16.4 Å². The molecule has 230 valence electrons. The standard InChI is InChI=1S/C42H39NO2S/c1-4-29-23-25-36(26-24-29)46(44,45)43(41-30(5-2)27-34-19-13-21-37(39(34)41)32-15-9-7-10-16-32)42-31(6-3)28-35-20-14-22-38(40(35)42)33-17-11-8-12-18-33/h7-28,41-42H,4-6H2,1-3H3. The predicted molar refractivity (Wildman–Crippen MR) is 191 cm³/mol. The van der Waals surface area contributed by atoms with Gasteiger partial charge in [-0.2, -0.15) is 4.31 Å². The first-order valence-electron chi connectivity index (χ1n) is 16.4. The lowest BCUT2D eigenvalue weighted by Gasteiger charge is -2.38. The summed E-state index contributed by atoms with van der Waals surface area (Å²) in [5, 5.41) is 0. The Kier molecular flexibility index (Phi) is 8.10. The van der Waals surface area contributed by atoms with Crippen molar-refractivity contribution in [2.24, 2.45) is 0 Å². The normalized spacial score (nSPS) is 17.0. The maximum Gasteiger partial charge on any atom is 0.244 e. The summed E-state index contributed by atoms with van der Waals surface area (Å²) in [4.78, 5) is 0.326. The van der Waals surface area contributed by atoms with E-state index in [-0.39, 0.29) is 0 Å². The van der Waals surface area contributed by atoms with Crippen LogP contribution in [-0.4, -0.2) is 12.7 Å². The SMILES string of the molecule is CCC1=Cc2cccc(-c3ccccc3)c2C1N(C1C(CC)=Cc2cccc(-c3ccccc3)c21)S(=O)(=O)c1ccc(CC)cc1. The van der Waals surface area contributed by atoms with Gasteiger partial charge in [-0.3, -0.25) is 0 Å². The lowest BCUT2D eigenvalue weighted by atomic mass is 9.89. The van der Waals surface area contributed by atoms with Gasteiger partial charge in [0.1, 0.15) is 0 Å². The topological polar surface area (TPSA) is 37.4 Å². The van der Waals surface area contributed by atoms with Crippen LogP contribution in [0.2, 0.25) is 0 Å². The van der Waals surface area contributed by atoms with Crippen molar-refractivity contribution in [3.05, 3.63) is 160 Å². The summed E-state index contributed by atoms with van der Waals surface area (Å²) in [6.45, 7) is 6.37. The highest BCUT2D eigenvalue weighted by atomic mass is 32.2. The Bertz CT molecular complexity index is 1950. The summed E-state index contributed by atoms with van der Waals surface area (Å²) in [6.07, 6.45) is 6.77. The van der Waals surface area contributed by atoms with Crippen molar-refractivity contribution in [1.82, 2.24) is 4.31 Å². The van der Waals surface area contributed by atoms with E-state index in [0.29, 0.717) is 4.90 Å². The van der Waals surface area contributed by atoms with Crippen molar-refractivity contribution < 1.29 is 8.42 Å². The Morgan fingerprint density at radius 3 is 1.39 bits per heavy atom. The molecule has 2 aliphatic carbocycles. The first kappa shape index (κ1) is 30.2. The molecule has 2 aliphatic rings. The van der Waals surface area contributed by atoms with Gasteiger partial charge in [0.25, 0.3) is 0 Å². The third kappa shape index (κ3) is 5.06. The lowest BCUT2D eigenvalue weighted by Crippen LogP contribution is -2.39. The first-order valence-corrected chi connectivity index (χ1v) is 17.8. The Morgan fingerprint density at radius 2 is 0.978 bits per heavy atom. The van der Waals surface area contributed by atoms with Crippen molar-refractivity contribution in [2.45, 2.75) is 57.0 Å². The molecule has 0 N–H and O–H groups in total. The molecule has 3 nitrogen and oxygen atoms in total. The minimum Gasteiger partial charge on any atom is -0.207 e. The van der Waals surface area contributed by atoms with Crippen LogP contribution in [0.3, 0.4) is 0 Å². The summed E-state index contributed by atoms with van der Waals surface area (Å²) in [5.74, 6) is 0. The van der Waals surface area contributed by atoms with Crippen LogP contribution >= 0.6 is 0 Å². The molecule has 0 amide bonds. The molecule has 0 fully saturated rings. The molecule has 0 spiro atoms. The van der Waals surface area contributed by atoms with E-state index in [9.17, 15) is 0 Å². The van der Waals surface area contributed by atoms with Crippen LogP contribution in [0.4, 0.5) is 0 Å². The van der Waals surface area contributed by atoms with Gasteiger partial charge in [0.05, 0.1) is 17.0 Å². The molecule has 5 aromatic rings. The van der Waals surface area contributed by atoms with E-state index in [1.165, 1.54) is 0 Å². The minimum absolute atomic E-state index is 0.326. The highest BCUT2D eigenvalue weighted by Crippen LogP contribution is 2.55. The molecule has 2 atom stereocenters. The van der Waals surface area contributed by atoms with Gasteiger partial charge in [0, 0.05) is 0 Å². The van der Waals surface area contributed by atoms with Crippen LogP contribution in [0, 0.1) is 0 Å².